The van der Waals surface area contributed by atoms with E-state index in [0.29, 0.717) is 13.2 Å². The molecule has 0 bridgehead atoms. The van der Waals surface area contributed by atoms with E-state index < -0.39 is 0 Å². The first kappa shape index (κ1) is 19.6. The Morgan fingerprint density at radius 3 is 2.72 bits per heavy atom. The number of benzene rings is 1. The van der Waals surface area contributed by atoms with Gasteiger partial charge in [-0.15, -0.1) is 0 Å². The molecule has 3 heterocycles. The van der Waals surface area contributed by atoms with Gasteiger partial charge in [0, 0.05) is 48.5 Å². The molecule has 1 aromatic carbocycles. The number of rotatable bonds is 7. The highest BCUT2D eigenvalue weighted by atomic mass is 16.5. The highest BCUT2D eigenvalue weighted by Gasteiger charge is 2.12. The molecular weight excluding hydrogens is 366 g/mol. The van der Waals surface area contributed by atoms with E-state index in [1.807, 2.05) is 50.2 Å². The molecule has 1 aliphatic rings. The predicted molar refractivity (Wildman–Crippen MR) is 113 cm³/mol. The molecule has 0 amide bonds. The van der Waals surface area contributed by atoms with E-state index in [0.717, 1.165) is 72.2 Å². The van der Waals surface area contributed by atoms with Crippen LogP contribution < -0.4 is 9.47 Å². The van der Waals surface area contributed by atoms with Crippen molar-refractivity contribution in [1.82, 2.24) is 14.9 Å². The van der Waals surface area contributed by atoms with Gasteiger partial charge in [-0.2, -0.15) is 0 Å². The molecule has 0 saturated carbocycles. The summed E-state index contributed by atoms with van der Waals surface area (Å²) >= 11 is 0. The van der Waals surface area contributed by atoms with Crippen LogP contribution in [0.1, 0.15) is 17.0 Å². The van der Waals surface area contributed by atoms with E-state index in [1.54, 1.807) is 6.20 Å². The van der Waals surface area contributed by atoms with E-state index in [1.165, 1.54) is 0 Å². The van der Waals surface area contributed by atoms with E-state index in [9.17, 15) is 0 Å². The standard InChI is InChI=1S/C23H27N3O3/c1-17-15-23(19-5-3-4-6-20(19)25-17)29-16-21-18(2)22(7-8-24-21)28-14-11-26-9-12-27-13-10-26/h3-8,15H,9-14,16H2,1-2H3. The minimum atomic E-state index is 0.389. The van der Waals surface area contributed by atoms with Crippen LogP contribution in [0.5, 0.6) is 11.5 Å². The van der Waals surface area contributed by atoms with Crippen molar-refractivity contribution in [2.45, 2.75) is 20.5 Å². The number of hydrogen-bond acceptors (Lipinski definition) is 6. The van der Waals surface area contributed by atoms with E-state index in [2.05, 4.69) is 14.9 Å². The lowest BCUT2D eigenvalue weighted by atomic mass is 10.2. The monoisotopic (exact) mass is 393 g/mol. The fraction of sp³-hybridized carbons (Fsp3) is 0.391. The number of ether oxygens (including phenoxy) is 3. The molecule has 29 heavy (non-hydrogen) atoms. The topological polar surface area (TPSA) is 56.7 Å². The third-order valence-electron chi connectivity index (χ3n) is 5.20. The SMILES string of the molecule is Cc1cc(OCc2nccc(OCCN3CCOCC3)c2C)c2ccccc2n1. The van der Waals surface area contributed by atoms with Gasteiger partial charge >= 0.3 is 0 Å². The first-order valence-electron chi connectivity index (χ1n) is 10.1. The van der Waals surface area contributed by atoms with Crippen LogP contribution in [0.4, 0.5) is 0 Å². The number of pyridine rings is 2. The summed E-state index contributed by atoms with van der Waals surface area (Å²) in [6.07, 6.45) is 1.78. The molecule has 6 heteroatoms. The lowest BCUT2D eigenvalue weighted by Crippen LogP contribution is -2.38. The molecule has 0 aliphatic carbocycles. The van der Waals surface area contributed by atoms with Crippen LogP contribution in [0.15, 0.2) is 42.6 Å². The van der Waals surface area contributed by atoms with Crippen LogP contribution in [0.3, 0.4) is 0 Å². The molecule has 6 nitrogen and oxygen atoms in total. The Morgan fingerprint density at radius 2 is 1.86 bits per heavy atom. The van der Waals surface area contributed by atoms with Gasteiger partial charge in [-0.25, -0.2) is 0 Å². The second-order valence-corrected chi connectivity index (χ2v) is 7.25. The normalized spacial score (nSPS) is 14.8. The molecule has 0 N–H and O–H groups in total. The van der Waals surface area contributed by atoms with Crippen molar-refractivity contribution in [3.63, 3.8) is 0 Å². The molecule has 4 rings (SSSR count). The van der Waals surface area contributed by atoms with Crippen LogP contribution >= 0.6 is 0 Å². The molecule has 152 valence electrons. The number of aromatic nitrogens is 2. The van der Waals surface area contributed by atoms with Gasteiger partial charge in [-0.05, 0) is 32.0 Å². The smallest absolute Gasteiger partial charge is 0.131 e. The number of aryl methyl sites for hydroxylation is 1. The maximum Gasteiger partial charge on any atom is 0.131 e. The van der Waals surface area contributed by atoms with Gasteiger partial charge in [0.15, 0.2) is 0 Å². The van der Waals surface area contributed by atoms with Crippen molar-refractivity contribution in [3.8, 4) is 11.5 Å². The minimum Gasteiger partial charge on any atom is -0.492 e. The zero-order valence-corrected chi connectivity index (χ0v) is 17.1. The molecule has 2 aromatic heterocycles. The van der Waals surface area contributed by atoms with Crippen LogP contribution in [0.2, 0.25) is 0 Å². The molecular formula is C23H27N3O3. The summed E-state index contributed by atoms with van der Waals surface area (Å²) in [4.78, 5) is 11.4. The molecule has 0 atom stereocenters. The second kappa shape index (κ2) is 9.20. The van der Waals surface area contributed by atoms with Crippen molar-refractivity contribution in [2.24, 2.45) is 0 Å². The fourth-order valence-electron chi connectivity index (χ4n) is 3.51. The van der Waals surface area contributed by atoms with Crippen LogP contribution in [-0.4, -0.2) is 54.3 Å². The number of fused-ring (bicyclic) bond motifs is 1. The fourth-order valence-corrected chi connectivity index (χ4v) is 3.51. The maximum atomic E-state index is 6.14. The van der Waals surface area contributed by atoms with Crippen molar-refractivity contribution in [1.29, 1.82) is 0 Å². The summed E-state index contributed by atoms with van der Waals surface area (Å²) in [7, 11) is 0. The van der Waals surface area contributed by atoms with Gasteiger partial charge in [0.25, 0.3) is 0 Å². The van der Waals surface area contributed by atoms with Crippen molar-refractivity contribution in [2.75, 3.05) is 39.5 Å². The minimum absolute atomic E-state index is 0.389. The lowest BCUT2D eigenvalue weighted by molar-refractivity contribution is 0.0322. The molecule has 0 spiro atoms. The van der Waals surface area contributed by atoms with E-state index >= 15 is 0 Å². The average Bonchev–Trinajstić information content (AvgIpc) is 2.74. The summed E-state index contributed by atoms with van der Waals surface area (Å²) in [5, 5.41) is 1.01. The van der Waals surface area contributed by atoms with Gasteiger partial charge in [-0.3, -0.25) is 14.9 Å². The van der Waals surface area contributed by atoms with Gasteiger partial charge in [0.05, 0.1) is 24.4 Å². The first-order chi connectivity index (χ1) is 14.2. The summed E-state index contributed by atoms with van der Waals surface area (Å²) in [5.41, 5.74) is 3.77. The first-order valence-corrected chi connectivity index (χ1v) is 10.1. The predicted octanol–water partition coefficient (Wildman–Crippen LogP) is 3.54. The molecule has 1 fully saturated rings. The van der Waals surface area contributed by atoms with E-state index in [4.69, 9.17) is 14.2 Å². The largest absolute Gasteiger partial charge is 0.492 e. The van der Waals surface area contributed by atoms with E-state index in [-0.39, 0.29) is 0 Å². The Kier molecular flexibility index (Phi) is 6.22. The Balaban J connectivity index is 1.41. The average molecular weight is 393 g/mol. The lowest BCUT2D eigenvalue weighted by Gasteiger charge is -2.26. The Hall–Kier alpha value is -2.70. The highest BCUT2D eigenvalue weighted by molar-refractivity contribution is 5.85. The quantitative estimate of drug-likeness (QED) is 0.612. The zero-order valence-electron chi connectivity index (χ0n) is 17.1. The third kappa shape index (κ3) is 4.83. The Labute approximate surface area is 171 Å². The summed E-state index contributed by atoms with van der Waals surface area (Å²) in [5.74, 6) is 1.69. The number of morpholine rings is 1. The van der Waals surface area contributed by atoms with Crippen molar-refractivity contribution < 1.29 is 14.2 Å². The van der Waals surface area contributed by atoms with Gasteiger partial charge in [0.2, 0.25) is 0 Å². The van der Waals surface area contributed by atoms with Crippen molar-refractivity contribution >= 4 is 10.9 Å². The number of nitrogens with zero attached hydrogens (tertiary/aromatic N) is 3. The van der Waals surface area contributed by atoms with Gasteiger partial charge in [0.1, 0.15) is 24.7 Å². The third-order valence-corrected chi connectivity index (χ3v) is 5.20. The van der Waals surface area contributed by atoms with Gasteiger partial charge in [-0.1, -0.05) is 12.1 Å². The van der Waals surface area contributed by atoms with Crippen LogP contribution in [-0.2, 0) is 11.3 Å². The second-order valence-electron chi connectivity index (χ2n) is 7.25. The van der Waals surface area contributed by atoms with Gasteiger partial charge < -0.3 is 14.2 Å². The number of hydrogen-bond donors (Lipinski definition) is 0. The molecule has 0 unspecified atom stereocenters. The Morgan fingerprint density at radius 1 is 1.03 bits per heavy atom. The van der Waals surface area contributed by atoms with Crippen LogP contribution in [0, 0.1) is 13.8 Å². The molecule has 1 aliphatic heterocycles. The maximum absolute atomic E-state index is 6.14. The zero-order chi connectivity index (χ0) is 20.1. The summed E-state index contributed by atoms with van der Waals surface area (Å²) in [6.45, 7) is 9.50. The number of para-hydroxylation sites is 1. The molecule has 3 aromatic rings. The molecule has 1 saturated heterocycles. The molecule has 0 radical (unpaired) electrons. The van der Waals surface area contributed by atoms with Crippen LogP contribution in [0.25, 0.3) is 10.9 Å². The van der Waals surface area contributed by atoms with Crippen molar-refractivity contribution in [3.05, 3.63) is 59.5 Å². The highest BCUT2D eigenvalue weighted by Crippen LogP contribution is 2.27. The summed E-state index contributed by atoms with van der Waals surface area (Å²) < 4.78 is 17.6. The Bertz CT molecular complexity index is 971. The summed E-state index contributed by atoms with van der Waals surface area (Å²) in [6, 6.07) is 11.9.